The zero-order valence-electron chi connectivity index (χ0n) is 20.8. The molecule has 33 heavy (non-hydrogen) atoms. The lowest BCUT2D eigenvalue weighted by molar-refractivity contribution is -0.118. The number of aliphatic hydroxyl groups excluding tert-OH is 1. The lowest BCUT2D eigenvalue weighted by Crippen LogP contribution is -2.54. The smallest absolute Gasteiger partial charge is 0.155 e. The molecule has 0 amide bonds. The van der Waals surface area contributed by atoms with E-state index in [1.807, 2.05) is 6.08 Å². The van der Waals surface area contributed by atoms with Gasteiger partial charge in [-0.25, -0.2) is 0 Å². The number of ether oxygens (including phenoxy) is 1. The Bertz CT molecular complexity index is 923. The van der Waals surface area contributed by atoms with Crippen LogP contribution in [0.25, 0.3) is 0 Å². The van der Waals surface area contributed by atoms with Gasteiger partial charge in [0.15, 0.2) is 5.78 Å². The van der Waals surface area contributed by atoms with Crippen molar-refractivity contribution < 1.29 is 14.6 Å². The number of ketones is 1. The summed E-state index contributed by atoms with van der Waals surface area (Å²) in [4.78, 5) is 14.5. The number of nitrogens with zero attached hydrogens (tertiary/aromatic N) is 1. The minimum Gasteiger partial charge on any atom is -0.393 e. The van der Waals surface area contributed by atoms with Gasteiger partial charge in [0, 0.05) is 32.8 Å². The minimum absolute atomic E-state index is 0.00181. The van der Waals surface area contributed by atoms with Crippen LogP contribution in [0.4, 0.5) is 5.69 Å². The molecule has 0 heterocycles. The third kappa shape index (κ3) is 3.69. The number of hydrogen-bond donors (Lipinski definition) is 1. The van der Waals surface area contributed by atoms with Crippen LogP contribution in [0.1, 0.15) is 70.3 Å². The molecule has 0 saturated heterocycles. The number of hydrogen-bond acceptors (Lipinski definition) is 4. The summed E-state index contributed by atoms with van der Waals surface area (Å²) >= 11 is 0. The van der Waals surface area contributed by atoms with E-state index in [-0.39, 0.29) is 16.9 Å². The first-order valence-electron chi connectivity index (χ1n) is 13.0. The summed E-state index contributed by atoms with van der Waals surface area (Å²) in [7, 11) is 3.86. The molecule has 5 rings (SSSR count). The number of anilines is 1. The summed E-state index contributed by atoms with van der Waals surface area (Å²) in [6, 6.07) is 9.18. The maximum atomic E-state index is 12.3. The SMILES string of the molecule is COCCN(C)c1ccc(C2CC3(C)C(O)CCC3C3CCC4=CC(=O)CCC4(C)C23)cc1. The summed E-state index contributed by atoms with van der Waals surface area (Å²) in [6.07, 6.45) is 8.85. The maximum absolute atomic E-state index is 12.3. The Morgan fingerprint density at radius 2 is 1.88 bits per heavy atom. The summed E-state index contributed by atoms with van der Waals surface area (Å²) in [6.45, 7) is 6.41. The van der Waals surface area contributed by atoms with Crippen molar-refractivity contribution in [3.05, 3.63) is 41.5 Å². The van der Waals surface area contributed by atoms with Crippen molar-refractivity contribution in [3.63, 3.8) is 0 Å². The molecule has 180 valence electrons. The zero-order chi connectivity index (χ0) is 23.4. The molecule has 3 saturated carbocycles. The van der Waals surface area contributed by atoms with E-state index in [9.17, 15) is 9.90 Å². The third-order valence-corrected chi connectivity index (χ3v) is 10.3. The van der Waals surface area contributed by atoms with Gasteiger partial charge in [-0.3, -0.25) is 4.79 Å². The van der Waals surface area contributed by atoms with Crippen molar-refractivity contribution in [2.24, 2.45) is 28.6 Å². The minimum atomic E-state index is -0.192. The quantitative estimate of drug-likeness (QED) is 0.655. The van der Waals surface area contributed by atoms with Gasteiger partial charge < -0.3 is 14.7 Å². The number of aliphatic hydroxyl groups is 1. The molecule has 0 bridgehead atoms. The largest absolute Gasteiger partial charge is 0.393 e. The second-order valence-corrected chi connectivity index (χ2v) is 11.8. The van der Waals surface area contributed by atoms with Gasteiger partial charge in [-0.15, -0.1) is 0 Å². The highest BCUT2D eigenvalue weighted by Crippen LogP contribution is 2.68. The highest BCUT2D eigenvalue weighted by atomic mass is 16.5. The molecule has 0 aliphatic heterocycles. The van der Waals surface area contributed by atoms with E-state index >= 15 is 0 Å². The zero-order valence-corrected chi connectivity index (χ0v) is 20.8. The first-order chi connectivity index (χ1) is 15.8. The number of rotatable bonds is 5. The molecule has 7 unspecified atom stereocenters. The third-order valence-electron chi connectivity index (χ3n) is 10.3. The van der Waals surface area contributed by atoms with Crippen molar-refractivity contribution in [3.8, 4) is 0 Å². The normalized spacial score (nSPS) is 40.0. The molecule has 1 aromatic rings. The van der Waals surface area contributed by atoms with E-state index in [0.717, 1.165) is 38.6 Å². The van der Waals surface area contributed by atoms with E-state index < -0.39 is 0 Å². The fourth-order valence-electron chi connectivity index (χ4n) is 8.38. The Morgan fingerprint density at radius 1 is 1.12 bits per heavy atom. The number of benzene rings is 1. The van der Waals surface area contributed by atoms with E-state index in [1.165, 1.54) is 23.2 Å². The highest BCUT2D eigenvalue weighted by Gasteiger charge is 2.62. The van der Waals surface area contributed by atoms with Gasteiger partial charge in [-0.1, -0.05) is 31.6 Å². The molecule has 3 fully saturated rings. The Labute approximate surface area is 199 Å². The number of carbonyl (C=O) groups is 1. The first-order valence-corrected chi connectivity index (χ1v) is 13.0. The molecule has 4 nitrogen and oxygen atoms in total. The van der Waals surface area contributed by atoms with E-state index in [4.69, 9.17) is 4.74 Å². The van der Waals surface area contributed by atoms with Crippen molar-refractivity contribution in [2.45, 2.75) is 70.8 Å². The fraction of sp³-hybridized carbons (Fsp3) is 0.690. The van der Waals surface area contributed by atoms with Gasteiger partial charge in [-0.05, 0) is 96.8 Å². The van der Waals surface area contributed by atoms with Gasteiger partial charge in [0.25, 0.3) is 0 Å². The van der Waals surface area contributed by atoms with Crippen LogP contribution in [-0.2, 0) is 9.53 Å². The second kappa shape index (κ2) is 8.53. The van der Waals surface area contributed by atoms with Crippen molar-refractivity contribution in [2.75, 3.05) is 32.2 Å². The number of likely N-dealkylation sites (N-methyl/N-ethyl adjacent to an activating group) is 1. The van der Waals surface area contributed by atoms with Crippen LogP contribution >= 0.6 is 0 Å². The Hall–Kier alpha value is -1.65. The molecule has 0 aromatic heterocycles. The molecule has 4 aliphatic carbocycles. The summed E-state index contributed by atoms with van der Waals surface area (Å²) in [5, 5.41) is 11.1. The lowest BCUT2D eigenvalue weighted by atomic mass is 9.44. The molecule has 4 aliphatic rings. The fourth-order valence-corrected chi connectivity index (χ4v) is 8.38. The summed E-state index contributed by atoms with van der Waals surface area (Å²) in [5.41, 5.74) is 4.13. The van der Waals surface area contributed by atoms with E-state index in [0.29, 0.717) is 42.5 Å². The second-order valence-electron chi connectivity index (χ2n) is 11.8. The van der Waals surface area contributed by atoms with Crippen molar-refractivity contribution in [1.82, 2.24) is 0 Å². The Kier molecular flexibility index (Phi) is 5.98. The molecule has 1 N–H and O–H groups in total. The van der Waals surface area contributed by atoms with Crippen LogP contribution in [0, 0.1) is 28.6 Å². The van der Waals surface area contributed by atoms with Gasteiger partial charge in [-0.2, -0.15) is 0 Å². The van der Waals surface area contributed by atoms with Gasteiger partial charge >= 0.3 is 0 Å². The van der Waals surface area contributed by atoms with Crippen LogP contribution < -0.4 is 4.90 Å². The number of carbonyl (C=O) groups excluding carboxylic acids is 1. The predicted molar refractivity (Wildman–Crippen MR) is 132 cm³/mol. The molecule has 1 aromatic carbocycles. The topological polar surface area (TPSA) is 49.8 Å². The molecule has 0 radical (unpaired) electrons. The average molecular weight is 452 g/mol. The molecular formula is C29H41NO3. The van der Waals surface area contributed by atoms with Crippen LogP contribution in [0.3, 0.4) is 0 Å². The number of allylic oxidation sites excluding steroid dienone is 1. The number of fused-ring (bicyclic) bond motifs is 5. The average Bonchev–Trinajstić information content (AvgIpc) is 3.11. The van der Waals surface area contributed by atoms with Gasteiger partial charge in [0.1, 0.15) is 0 Å². The molecule has 4 heteroatoms. The van der Waals surface area contributed by atoms with Crippen LogP contribution in [0.15, 0.2) is 35.9 Å². The summed E-state index contributed by atoms with van der Waals surface area (Å²) in [5.74, 6) is 2.52. The summed E-state index contributed by atoms with van der Waals surface area (Å²) < 4.78 is 5.25. The molecule has 0 spiro atoms. The molecular weight excluding hydrogens is 410 g/mol. The monoisotopic (exact) mass is 451 g/mol. The van der Waals surface area contributed by atoms with Crippen molar-refractivity contribution >= 4 is 11.5 Å². The van der Waals surface area contributed by atoms with Crippen LogP contribution in [-0.4, -0.2) is 44.3 Å². The van der Waals surface area contributed by atoms with Crippen LogP contribution in [0.5, 0.6) is 0 Å². The standard InChI is InChI=1S/C29H41NO3/c1-28-14-13-22(31)17-20(28)7-10-23-25-11-12-26(32)29(25,2)18-24(27(23)28)19-5-8-21(9-6-19)30(3)15-16-33-4/h5-6,8-9,17,23-27,32H,7,10-16,18H2,1-4H3. The van der Waals surface area contributed by atoms with Gasteiger partial charge in [0.2, 0.25) is 0 Å². The molecule has 7 atom stereocenters. The predicted octanol–water partition coefficient (Wildman–Crippen LogP) is 5.36. The Morgan fingerprint density at radius 3 is 2.61 bits per heavy atom. The first kappa shape index (κ1) is 23.1. The highest BCUT2D eigenvalue weighted by molar-refractivity contribution is 5.91. The van der Waals surface area contributed by atoms with E-state index in [1.54, 1.807) is 7.11 Å². The van der Waals surface area contributed by atoms with E-state index in [2.05, 4.69) is 50.1 Å². The maximum Gasteiger partial charge on any atom is 0.155 e. The van der Waals surface area contributed by atoms with Crippen molar-refractivity contribution in [1.29, 1.82) is 0 Å². The van der Waals surface area contributed by atoms with Gasteiger partial charge in [0.05, 0.1) is 12.7 Å². The lowest BCUT2D eigenvalue weighted by Gasteiger charge is -2.61. The Balaban J connectivity index is 1.53. The number of methoxy groups -OCH3 is 1. The van der Waals surface area contributed by atoms with Crippen LogP contribution in [0.2, 0.25) is 0 Å².